The van der Waals surface area contributed by atoms with Crippen LogP contribution in [0.1, 0.15) is 13.3 Å². The van der Waals surface area contributed by atoms with Gasteiger partial charge in [-0.3, -0.25) is 4.79 Å². The Morgan fingerprint density at radius 3 is 2.30 bits per heavy atom. The molecule has 0 bridgehead atoms. The largest absolute Gasteiger partial charge is 0.342 e. The van der Waals surface area contributed by atoms with Crippen LogP contribution in [0.15, 0.2) is 0 Å². The van der Waals surface area contributed by atoms with Crippen molar-refractivity contribution < 1.29 is 13.2 Å². The van der Waals surface area contributed by atoms with Crippen molar-refractivity contribution in [3.8, 4) is 0 Å². The zero-order valence-corrected chi connectivity index (χ0v) is 6.86. The summed E-state index contributed by atoms with van der Waals surface area (Å²) in [6.07, 6.45) is 1.39. The Labute approximate surface area is 60.5 Å². The minimum absolute atomic E-state index is 0.245. The first kappa shape index (κ1) is 9.42. The van der Waals surface area contributed by atoms with Gasteiger partial charge in [-0.2, -0.15) is 0 Å². The first-order valence-electron chi connectivity index (χ1n) is 2.90. The molecule has 0 aliphatic rings. The van der Waals surface area contributed by atoms with E-state index in [1.54, 1.807) is 6.92 Å². The van der Waals surface area contributed by atoms with Crippen LogP contribution < -0.4 is 5.32 Å². The number of carbonyl (C=O) groups excluding carboxylic acids is 1. The second-order valence-electron chi connectivity index (χ2n) is 2.02. The Kier molecular flexibility index (Phi) is 3.35. The lowest BCUT2D eigenvalue weighted by molar-refractivity contribution is -0.120. The molecule has 0 aromatic carbocycles. The monoisotopic (exact) mass is 165 g/mol. The average molecular weight is 165 g/mol. The zero-order chi connectivity index (χ0) is 8.20. The minimum atomic E-state index is -3.06. The quantitative estimate of drug-likeness (QED) is 0.614. The second-order valence-corrected chi connectivity index (χ2v) is 4.16. The molecule has 0 saturated carbocycles. The minimum Gasteiger partial charge on any atom is -0.342 e. The highest BCUT2D eigenvalue weighted by atomic mass is 32.2. The lowest BCUT2D eigenvalue weighted by atomic mass is 10.5. The first-order chi connectivity index (χ1) is 4.45. The highest BCUT2D eigenvalue weighted by molar-refractivity contribution is 7.90. The van der Waals surface area contributed by atoms with Crippen molar-refractivity contribution in [2.24, 2.45) is 0 Å². The lowest BCUT2D eigenvalue weighted by Gasteiger charge is -1.99. The topological polar surface area (TPSA) is 63.2 Å². The van der Waals surface area contributed by atoms with E-state index < -0.39 is 9.84 Å². The fourth-order valence-corrected chi connectivity index (χ4v) is 0.760. The summed E-state index contributed by atoms with van der Waals surface area (Å²) < 4.78 is 20.9. The van der Waals surface area contributed by atoms with Crippen molar-refractivity contribution in [1.82, 2.24) is 5.32 Å². The molecule has 0 radical (unpaired) electrons. The normalized spacial score (nSPS) is 11.0. The molecule has 0 saturated heterocycles. The second kappa shape index (κ2) is 3.55. The van der Waals surface area contributed by atoms with E-state index in [1.165, 1.54) is 0 Å². The number of hydrogen-bond donors (Lipinski definition) is 1. The predicted octanol–water partition coefficient (Wildman–Crippen LogP) is -0.485. The van der Waals surface area contributed by atoms with Crippen molar-refractivity contribution in [3.05, 3.63) is 0 Å². The van der Waals surface area contributed by atoms with Crippen molar-refractivity contribution in [2.45, 2.75) is 13.3 Å². The third-order valence-electron chi connectivity index (χ3n) is 0.853. The maximum Gasteiger partial charge on any atom is 0.220 e. The van der Waals surface area contributed by atoms with Gasteiger partial charge >= 0.3 is 0 Å². The van der Waals surface area contributed by atoms with E-state index in [4.69, 9.17) is 0 Å². The predicted molar refractivity (Wildman–Crippen MR) is 38.1 cm³/mol. The zero-order valence-electron chi connectivity index (χ0n) is 6.05. The van der Waals surface area contributed by atoms with Crippen LogP contribution in [0.25, 0.3) is 0 Å². The van der Waals surface area contributed by atoms with Gasteiger partial charge in [-0.1, -0.05) is 6.92 Å². The highest BCUT2D eigenvalue weighted by Gasteiger charge is 2.02. The number of rotatable bonds is 3. The van der Waals surface area contributed by atoms with E-state index in [2.05, 4.69) is 5.32 Å². The van der Waals surface area contributed by atoms with Crippen LogP contribution in [-0.4, -0.2) is 26.5 Å². The molecule has 1 amide bonds. The molecule has 0 heterocycles. The van der Waals surface area contributed by atoms with Gasteiger partial charge in [0.25, 0.3) is 0 Å². The third kappa shape index (κ3) is 5.55. The van der Waals surface area contributed by atoms with Gasteiger partial charge in [0, 0.05) is 12.7 Å². The third-order valence-corrected chi connectivity index (χ3v) is 1.52. The smallest absolute Gasteiger partial charge is 0.220 e. The van der Waals surface area contributed by atoms with Gasteiger partial charge in [-0.25, -0.2) is 8.42 Å². The van der Waals surface area contributed by atoms with Gasteiger partial charge < -0.3 is 5.32 Å². The van der Waals surface area contributed by atoms with Crippen LogP contribution in [0, 0.1) is 0 Å². The van der Waals surface area contributed by atoms with Crippen molar-refractivity contribution >= 4 is 15.7 Å². The number of carbonyl (C=O) groups is 1. The van der Waals surface area contributed by atoms with Gasteiger partial charge in [0.15, 0.2) is 9.84 Å². The van der Waals surface area contributed by atoms with Crippen LogP contribution in [0.3, 0.4) is 0 Å². The molecule has 60 valence electrons. The fraction of sp³-hybridized carbons (Fsp3) is 0.800. The first-order valence-corrected chi connectivity index (χ1v) is 4.96. The van der Waals surface area contributed by atoms with Crippen molar-refractivity contribution in [3.63, 3.8) is 0 Å². The fourth-order valence-electron chi connectivity index (χ4n) is 0.337. The molecule has 5 heteroatoms. The molecule has 10 heavy (non-hydrogen) atoms. The van der Waals surface area contributed by atoms with E-state index in [0.29, 0.717) is 6.42 Å². The highest BCUT2D eigenvalue weighted by Crippen LogP contribution is 1.79. The summed E-state index contributed by atoms with van der Waals surface area (Å²) in [6, 6.07) is 0. The summed E-state index contributed by atoms with van der Waals surface area (Å²) in [5.74, 6) is -0.509. The molecule has 0 spiro atoms. The molecule has 0 aliphatic carbocycles. The maximum atomic E-state index is 10.5. The van der Waals surface area contributed by atoms with Crippen molar-refractivity contribution in [1.29, 1.82) is 0 Å². The van der Waals surface area contributed by atoms with Crippen LogP contribution in [0.4, 0.5) is 0 Å². The Morgan fingerprint density at radius 2 is 2.00 bits per heavy atom. The number of amides is 1. The van der Waals surface area contributed by atoms with E-state index in [0.717, 1.165) is 6.26 Å². The summed E-state index contributed by atoms with van der Waals surface area (Å²) >= 11 is 0. The molecule has 0 fully saturated rings. The summed E-state index contributed by atoms with van der Waals surface area (Å²) in [5.41, 5.74) is 0. The van der Waals surface area contributed by atoms with Crippen LogP contribution in [0.5, 0.6) is 0 Å². The Morgan fingerprint density at radius 1 is 1.50 bits per heavy atom. The molecule has 0 aromatic rings. The van der Waals surface area contributed by atoms with Gasteiger partial charge in [0.05, 0.1) is 0 Å². The maximum absolute atomic E-state index is 10.5. The molecule has 0 aromatic heterocycles. The van der Waals surface area contributed by atoms with Gasteiger partial charge in [-0.15, -0.1) is 0 Å². The van der Waals surface area contributed by atoms with Crippen LogP contribution in [-0.2, 0) is 14.6 Å². The molecule has 1 N–H and O–H groups in total. The Hall–Kier alpha value is -0.580. The molecule has 0 rings (SSSR count). The standard InChI is InChI=1S/C5H11NO3S/c1-3-5(7)6-4-10(2,8)9/h3-4H2,1-2H3,(H,6,7). The van der Waals surface area contributed by atoms with Crippen LogP contribution in [0.2, 0.25) is 0 Å². The number of hydrogen-bond acceptors (Lipinski definition) is 3. The average Bonchev–Trinajstić information content (AvgIpc) is 1.81. The molecule has 0 atom stereocenters. The molecular weight excluding hydrogens is 154 g/mol. The number of nitrogens with one attached hydrogen (secondary N) is 1. The molecule has 0 aliphatic heterocycles. The van der Waals surface area contributed by atoms with E-state index in [1.807, 2.05) is 0 Å². The van der Waals surface area contributed by atoms with E-state index in [-0.39, 0.29) is 11.8 Å². The SMILES string of the molecule is CCC(=O)NCS(C)(=O)=O. The summed E-state index contributed by atoms with van der Waals surface area (Å²) in [5, 5.41) is 2.25. The molecule has 0 unspecified atom stereocenters. The van der Waals surface area contributed by atoms with Gasteiger partial charge in [0.1, 0.15) is 5.88 Å². The summed E-state index contributed by atoms with van der Waals surface area (Å²) in [4.78, 5) is 10.5. The number of sulfone groups is 1. The van der Waals surface area contributed by atoms with E-state index in [9.17, 15) is 13.2 Å². The van der Waals surface area contributed by atoms with Crippen molar-refractivity contribution in [2.75, 3.05) is 12.1 Å². The Bertz CT molecular complexity index is 207. The summed E-state index contributed by atoms with van der Waals surface area (Å²) in [7, 11) is -3.06. The van der Waals surface area contributed by atoms with Crippen LogP contribution >= 0.6 is 0 Å². The summed E-state index contributed by atoms with van der Waals surface area (Å²) in [6.45, 7) is 1.66. The van der Waals surface area contributed by atoms with E-state index >= 15 is 0 Å². The molecular formula is C5H11NO3S. The lowest BCUT2D eigenvalue weighted by Crippen LogP contribution is -2.28. The molecule has 4 nitrogen and oxygen atoms in total. The van der Waals surface area contributed by atoms with Gasteiger partial charge in [-0.05, 0) is 0 Å². The van der Waals surface area contributed by atoms with Gasteiger partial charge in [0.2, 0.25) is 5.91 Å². The Balaban J connectivity index is 3.67.